The van der Waals surface area contributed by atoms with E-state index >= 15 is 0 Å². The van der Waals surface area contributed by atoms with E-state index in [2.05, 4.69) is 5.32 Å². The molecule has 1 rings (SSSR count). The SMILES string of the molecule is COC(CNC(=O)C(C)CN)c1ccc(Cl)cc1.Cl. The van der Waals surface area contributed by atoms with Gasteiger partial charge in [-0.25, -0.2) is 0 Å². The third-order valence-electron chi connectivity index (χ3n) is 2.79. The molecular formula is C13H20Cl2N2O2. The number of ether oxygens (including phenoxy) is 1. The lowest BCUT2D eigenvalue weighted by molar-refractivity contribution is -0.124. The Morgan fingerprint density at radius 3 is 2.47 bits per heavy atom. The minimum absolute atomic E-state index is 0. The van der Waals surface area contributed by atoms with Gasteiger partial charge in [-0.15, -0.1) is 12.4 Å². The van der Waals surface area contributed by atoms with Crippen LogP contribution in [0.2, 0.25) is 5.02 Å². The summed E-state index contributed by atoms with van der Waals surface area (Å²) in [6.07, 6.45) is -0.184. The molecule has 0 aliphatic heterocycles. The van der Waals surface area contributed by atoms with Crippen LogP contribution in [0.1, 0.15) is 18.6 Å². The molecule has 0 saturated carbocycles. The molecule has 3 N–H and O–H groups in total. The van der Waals surface area contributed by atoms with Gasteiger partial charge in [0.2, 0.25) is 5.91 Å². The average Bonchev–Trinajstić information content (AvgIpc) is 2.40. The number of carbonyl (C=O) groups excluding carboxylic acids is 1. The van der Waals surface area contributed by atoms with E-state index in [1.807, 2.05) is 12.1 Å². The van der Waals surface area contributed by atoms with Crippen molar-refractivity contribution in [3.05, 3.63) is 34.9 Å². The molecule has 6 heteroatoms. The maximum Gasteiger partial charge on any atom is 0.224 e. The van der Waals surface area contributed by atoms with E-state index in [9.17, 15) is 4.79 Å². The Kier molecular flexibility index (Phi) is 8.76. The summed E-state index contributed by atoms with van der Waals surface area (Å²) in [4.78, 5) is 11.6. The minimum Gasteiger partial charge on any atom is -0.375 e. The summed E-state index contributed by atoms with van der Waals surface area (Å²) in [5.41, 5.74) is 6.41. The summed E-state index contributed by atoms with van der Waals surface area (Å²) in [5, 5.41) is 3.50. The molecule has 0 heterocycles. The third kappa shape index (κ3) is 5.78. The molecule has 0 aliphatic carbocycles. The van der Waals surface area contributed by atoms with Gasteiger partial charge in [-0.1, -0.05) is 30.7 Å². The maximum atomic E-state index is 11.6. The molecule has 2 unspecified atom stereocenters. The van der Waals surface area contributed by atoms with E-state index in [4.69, 9.17) is 22.1 Å². The molecule has 1 amide bonds. The first kappa shape index (κ1) is 18.2. The molecule has 0 radical (unpaired) electrons. The number of rotatable bonds is 6. The Bertz CT molecular complexity index is 385. The minimum atomic E-state index is -0.187. The molecule has 2 atom stereocenters. The number of methoxy groups -OCH3 is 1. The second-order valence-corrected chi connectivity index (χ2v) is 4.59. The van der Waals surface area contributed by atoms with Crippen molar-refractivity contribution in [1.82, 2.24) is 5.32 Å². The first-order valence-corrected chi connectivity index (χ1v) is 6.22. The van der Waals surface area contributed by atoms with Crippen molar-refractivity contribution in [3.63, 3.8) is 0 Å². The van der Waals surface area contributed by atoms with Crippen LogP contribution >= 0.6 is 24.0 Å². The fourth-order valence-corrected chi connectivity index (χ4v) is 1.62. The molecule has 0 saturated heterocycles. The van der Waals surface area contributed by atoms with Crippen molar-refractivity contribution >= 4 is 29.9 Å². The summed E-state index contributed by atoms with van der Waals surface area (Å²) in [6.45, 7) is 2.55. The summed E-state index contributed by atoms with van der Waals surface area (Å²) >= 11 is 5.82. The van der Waals surface area contributed by atoms with Crippen LogP contribution in [0, 0.1) is 5.92 Å². The van der Waals surface area contributed by atoms with Crippen LogP contribution in [0.5, 0.6) is 0 Å². The van der Waals surface area contributed by atoms with Gasteiger partial charge in [-0.2, -0.15) is 0 Å². The molecule has 108 valence electrons. The van der Waals surface area contributed by atoms with Gasteiger partial charge in [-0.3, -0.25) is 4.79 Å². The number of hydrogen-bond donors (Lipinski definition) is 2. The molecule has 4 nitrogen and oxygen atoms in total. The summed E-state index contributed by atoms with van der Waals surface area (Å²) in [6, 6.07) is 7.37. The topological polar surface area (TPSA) is 64.3 Å². The highest BCUT2D eigenvalue weighted by molar-refractivity contribution is 6.30. The molecule has 0 bridgehead atoms. The highest BCUT2D eigenvalue weighted by atomic mass is 35.5. The smallest absolute Gasteiger partial charge is 0.224 e. The number of amides is 1. The van der Waals surface area contributed by atoms with Crippen molar-refractivity contribution in [1.29, 1.82) is 0 Å². The summed E-state index contributed by atoms with van der Waals surface area (Å²) < 4.78 is 5.35. The van der Waals surface area contributed by atoms with Crippen molar-refractivity contribution < 1.29 is 9.53 Å². The number of benzene rings is 1. The lowest BCUT2D eigenvalue weighted by Gasteiger charge is -2.18. The normalized spacial score (nSPS) is 13.3. The van der Waals surface area contributed by atoms with Crippen LogP contribution in [-0.4, -0.2) is 26.1 Å². The standard InChI is InChI=1S/C13H19ClN2O2.ClH/c1-9(7-15)13(17)16-8-12(18-2)10-3-5-11(14)6-4-10;/h3-6,9,12H,7-8,15H2,1-2H3,(H,16,17);1H. The second kappa shape index (κ2) is 9.15. The first-order valence-electron chi connectivity index (χ1n) is 5.84. The first-order chi connectivity index (χ1) is 8.58. The number of halogens is 2. The van der Waals surface area contributed by atoms with Gasteiger partial charge in [0.25, 0.3) is 0 Å². The Hall–Kier alpha value is -0.810. The van der Waals surface area contributed by atoms with Gasteiger partial charge >= 0.3 is 0 Å². The van der Waals surface area contributed by atoms with Gasteiger partial charge in [0, 0.05) is 31.1 Å². The molecular weight excluding hydrogens is 287 g/mol. The lowest BCUT2D eigenvalue weighted by atomic mass is 10.1. The molecule has 1 aromatic rings. The molecule has 0 aromatic heterocycles. The second-order valence-electron chi connectivity index (χ2n) is 4.16. The monoisotopic (exact) mass is 306 g/mol. The lowest BCUT2D eigenvalue weighted by Crippen LogP contribution is -2.36. The van der Waals surface area contributed by atoms with Crippen molar-refractivity contribution in [2.45, 2.75) is 13.0 Å². The molecule has 0 spiro atoms. The van der Waals surface area contributed by atoms with Crippen molar-refractivity contribution in [2.24, 2.45) is 11.7 Å². The van der Waals surface area contributed by atoms with E-state index in [1.54, 1.807) is 26.2 Å². The zero-order valence-electron chi connectivity index (χ0n) is 11.1. The van der Waals surface area contributed by atoms with E-state index < -0.39 is 0 Å². The number of carbonyl (C=O) groups is 1. The largest absolute Gasteiger partial charge is 0.375 e. The van der Waals surface area contributed by atoms with Gasteiger partial charge in [0.15, 0.2) is 0 Å². The number of hydrogen-bond acceptors (Lipinski definition) is 3. The van der Waals surface area contributed by atoms with Gasteiger partial charge in [-0.05, 0) is 17.7 Å². The average molecular weight is 307 g/mol. The summed E-state index contributed by atoms with van der Waals surface area (Å²) in [5.74, 6) is -0.249. The van der Waals surface area contributed by atoms with E-state index in [0.717, 1.165) is 5.56 Å². The predicted molar refractivity (Wildman–Crippen MR) is 79.7 cm³/mol. The zero-order valence-corrected chi connectivity index (χ0v) is 12.6. The molecule has 19 heavy (non-hydrogen) atoms. The Balaban J connectivity index is 0.00000324. The van der Waals surface area contributed by atoms with Crippen LogP contribution in [0.4, 0.5) is 0 Å². The van der Waals surface area contributed by atoms with E-state index in [-0.39, 0.29) is 30.3 Å². The van der Waals surface area contributed by atoms with Crippen LogP contribution in [0.25, 0.3) is 0 Å². The van der Waals surface area contributed by atoms with Crippen LogP contribution in [0.15, 0.2) is 24.3 Å². The fraction of sp³-hybridized carbons (Fsp3) is 0.462. The molecule has 0 aliphatic rings. The third-order valence-corrected chi connectivity index (χ3v) is 3.04. The Labute approximate surface area is 125 Å². The quantitative estimate of drug-likeness (QED) is 0.846. The molecule has 0 fully saturated rings. The van der Waals surface area contributed by atoms with Gasteiger partial charge in [0.05, 0.1) is 6.10 Å². The molecule has 1 aromatic carbocycles. The predicted octanol–water partition coefficient (Wildman–Crippen LogP) is 2.16. The van der Waals surface area contributed by atoms with Crippen LogP contribution in [-0.2, 0) is 9.53 Å². The highest BCUT2D eigenvalue weighted by Gasteiger charge is 2.15. The van der Waals surface area contributed by atoms with Gasteiger partial charge in [0.1, 0.15) is 0 Å². The number of nitrogens with two attached hydrogens (primary N) is 1. The van der Waals surface area contributed by atoms with E-state index in [1.165, 1.54) is 0 Å². The van der Waals surface area contributed by atoms with Gasteiger partial charge < -0.3 is 15.8 Å². The number of nitrogens with one attached hydrogen (secondary N) is 1. The highest BCUT2D eigenvalue weighted by Crippen LogP contribution is 2.18. The zero-order chi connectivity index (χ0) is 13.5. The maximum absolute atomic E-state index is 11.6. The summed E-state index contributed by atoms with van der Waals surface area (Å²) in [7, 11) is 1.61. The van der Waals surface area contributed by atoms with Crippen LogP contribution in [0.3, 0.4) is 0 Å². The van der Waals surface area contributed by atoms with Crippen molar-refractivity contribution in [2.75, 3.05) is 20.2 Å². The van der Waals surface area contributed by atoms with Crippen LogP contribution < -0.4 is 11.1 Å². The van der Waals surface area contributed by atoms with Crippen molar-refractivity contribution in [3.8, 4) is 0 Å². The Morgan fingerprint density at radius 1 is 1.42 bits per heavy atom. The van der Waals surface area contributed by atoms with E-state index in [0.29, 0.717) is 18.1 Å². The Morgan fingerprint density at radius 2 is 2.00 bits per heavy atom. The fourth-order valence-electron chi connectivity index (χ4n) is 1.49.